The fourth-order valence-corrected chi connectivity index (χ4v) is 2.80. The van der Waals surface area contributed by atoms with Gasteiger partial charge in [-0.2, -0.15) is 0 Å². The lowest BCUT2D eigenvalue weighted by Crippen LogP contribution is -2.43. The lowest BCUT2D eigenvalue weighted by Gasteiger charge is -2.12. The second kappa shape index (κ2) is 7.17. The lowest BCUT2D eigenvalue weighted by atomic mass is 10.1. The number of aryl methyl sites for hydroxylation is 1. The monoisotopic (exact) mass is 337 g/mol. The third-order valence-electron chi connectivity index (χ3n) is 4.15. The molecular formula is C19H19N3O3. The Hall–Kier alpha value is -3.15. The van der Waals surface area contributed by atoms with E-state index in [2.05, 4.69) is 5.32 Å². The van der Waals surface area contributed by atoms with Gasteiger partial charge in [0.2, 0.25) is 5.91 Å². The maximum absolute atomic E-state index is 12.3. The van der Waals surface area contributed by atoms with Gasteiger partial charge in [0.15, 0.2) is 0 Å². The molecule has 2 aromatic carbocycles. The molecule has 0 radical (unpaired) electrons. The van der Waals surface area contributed by atoms with Crippen molar-refractivity contribution in [3.63, 3.8) is 0 Å². The van der Waals surface area contributed by atoms with Crippen LogP contribution in [0.4, 0.5) is 0 Å². The summed E-state index contributed by atoms with van der Waals surface area (Å²) < 4.78 is 2.54. The van der Waals surface area contributed by atoms with Gasteiger partial charge in [-0.3, -0.25) is 19.0 Å². The molecule has 6 heteroatoms. The van der Waals surface area contributed by atoms with Crippen LogP contribution in [0.15, 0.2) is 64.2 Å². The fraction of sp³-hybridized carbons (Fsp3) is 0.211. The third-order valence-corrected chi connectivity index (χ3v) is 4.15. The SMILES string of the molecule is Cn1c(=O)c(=O)n(CC(=O)NCCc2ccccc2)c2ccccc21. The van der Waals surface area contributed by atoms with E-state index in [9.17, 15) is 14.4 Å². The quantitative estimate of drug-likeness (QED) is 0.708. The number of aromatic nitrogens is 2. The number of benzene rings is 2. The van der Waals surface area contributed by atoms with Crippen molar-refractivity contribution in [2.75, 3.05) is 6.54 Å². The summed E-state index contributed by atoms with van der Waals surface area (Å²) in [6.45, 7) is 0.296. The number of amides is 1. The minimum atomic E-state index is -0.695. The summed E-state index contributed by atoms with van der Waals surface area (Å²) in [6, 6.07) is 16.9. The van der Waals surface area contributed by atoms with Crippen molar-refractivity contribution in [3.8, 4) is 0 Å². The van der Waals surface area contributed by atoms with Gasteiger partial charge in [-0.05, 0) is 24.1 Å². The first-order valence-corrected chi connectivity index (χ1v) is 8.07. The zero-order valence-electron chi connectivity index (χ0n) is 13.9. The summed E-state index contributed by atoms with van der Waals surface area (Å²) in [5.41, 5.74) is 0.964. The van der Waals surface area contributed by atoms with Crippen LogP contribution in [-0.4, -0.2) is 21.6 Å². The predicted octanol–water partition coefficient (Wildman–Crippen LogP) is 1.06. The van der Waals surface area contributed by atoms with E-state index in [-0.39, 0.29) is 12.5 Å². The Bertz CT molecular complexity index is 1020. The van der Waals surface area contributed by atoms with Crippen LogP contribution in [0.1, 0.15) is 5.56 Å². The van der Waals surface area contributed by atoms with Crippen LogP contribution in [0.2, 0.25) is 0 Å². The van der Waals surface area contributed by atoms with E-state index in [4.69, 9.17) is 0 Å². The molecule has 0 spiro atoms. The van der Waals surface area contributed by atoms with E-state index in [0.717, 1.165) is 5.56 Å². The molecule has 128 valence electrons. The fourth-order valence-electron chi connectivity index (χ4n) is 2.80. The van der Waals surface area contributed by atoms with Gasteiger partial charge in [0.1, 0.15) is 6.54 Å². The van der Waals surface area contributed by atoms with E-state index in [1.54, 1.807) is 31.3 Å². The highest BCUT2D eigenvalue weighted by Crippen LogP contribution is 2.09. The van der Waals surface area contributed by atoms with Crippen LogP contribution in [0, 0.1) is 0 Å². The lowest BCUT2D eigenvalue weighted by molar-refractivity contribution is -0.121. The number of fused-ring (bicyclic) bond motifs is 1. The molecule has 3 rings (SSSR count). The van der Waals surface area contributed by atoms with E-state index in [1.807, 2.05) is 30.3 Å². The Kier molecular flexibility index (Phi) is 4.79. The first kappa shape index (κ1) is 16.7. The van der Waals surface area contributed by atoms with Crippen molar-refractivity contribution in [1.29, 1.82) is 0 Å². The standard InChI is InChI=1S/C19H19N3O3/c1-21-15-9-5-6-10-16(15)22(19(25)18(21)24)13-17(23)20-12-11-14-7-3-2-4-8-14/h2-10H,11-13H2,1H3,(H,20,23). The molecule has 1 aromatic heterocycles. The van der Waals surface area contributed by atoms with Crippen LogP contribution in [0.5, 0.6) is 0 Å². The first-order chi connectivity index (χ1) is 12.1. The molecule has 25 heavy (non-hydrogen) atoms. The number of carbonyl (C=O) groups is 1. The molecule has 1 N–H and O–H groups in total. The van der Waals surface area contributed by atoms with Gasteiger partial charge in [-0.15, -0.1) is 0 Å². The van der Waals surface area contributed by atoms with Gasteiger partial charge in [0.05, 0.1) is 11.0 Å². The summed E-state index contributed by atoms with van der Waals surface area (Å²) in [5, 5.41) is 2.80. The summed E-state index contributed by atoms with van der Waals surface area (Å²) in [7, 11) is 1.55. The number of nitrogens with one attached hydrogen (secondary N) is 1. The number of rotatable bonds is 5. The Morgan fingerprint density at radius 2 is 1.56 bits per heavy atom. The Morgan fingerprint density at radius 3 is 2.28 bits per heavy atom. The molecule has 1 heterocycles. The average Bonchev–Trinajstić information content (AvgIpc) is 2.64. The van der Waals surface area contributed by atoms with Crippen molar-refractivity contribution < 1.29 is 4.79 Å². The minimum Gasteiger partial charge on any atom is -0.354 e. The smallest absolute Gasteiger partial charge is 0.317 e. The molecule has 1 amide bonds. The van der Waals surface area contributed by atoms with E-state index in [1.165, 1.54) is 9.13 Å². The molecular weight excluding hydrogens is 318 g/mol. The van der Waals surface area contributed by atoms with Crippen LogP contribution in [0.3, 0.4) is 0 Å². The Morgan fingerprint density at radius 1 is 0.920 bits per heavy atom. The van der Waals surface area contributed by atoms with Crippen LogP contribution in [-0.2, 0) is 24.8 Å². The van der Waals surface area contributed by atoms with Crippen molar-refractivity contribution in [2.45, 2.75) is 13.0 Å². The zero-order valence-corrected chi connectivity index (χ0v) is 13.9. The molecule has 0 unspecified atom stereocenters. The van der Waals surface area contributed by atoms with Crippen LogP contribution in [0.25, 0.3) is 11.0 Å². The van der Waals surface area contributed by atoms with E-state index in [0.29, 0.717) is 24.0 Å². The molecule has 0 atom stereocenters. The molecule has 0 bridgehead atoms. The normalized spacial score (nSPS) is 10.8. The second-order valence-corrected chi connectivity index (χ2v) is 5.83. The molecule has 6 nitrogen and oxygen atoms in total. The van der Waals surface area contributed by atoms with E-state index < -0.39 is 11.1 Å². The molecule has 3 aromatic rings. The van der Waals surface area contributed by atoms with Crippen molar-refractivity contribution >= 4 is 16.9 Å². The number of hydrogen-bond donors (Lipinski definition) is 1. The molecule has 0 aliphatic carbocycles. The van der Waals surface area contributed by atoms with Gasteiger partial charge in [-0.25, -0.2) is 0 Å². The van der Waals surface area contributed by atoms with Gasteiger partial charge in [-0.1, -0.05) is 42.5 Å². The van der Waals surface area contributed by atoms with Crippen molar-refractivity contribution in [3.05, 3.63) is 80.9 Å². The summed E-state index contributed by atoms with van der Waals surface area (Å²) >= 11 is 0. The highest BCUT2D eigenvalue weighted by molar-refractivity contribution is 5.80. The number of para-hydroxylation sites is 2. The average molecular weight is 337 g/mol. The minimum absolute atomic E-state index is 0.176. The number of nitrogens with zero attached hydrogens (tertiary/aromatic N) is 2. The molecule has 0 aliphatic rings. The Labute approximate surface area is 144 Å². The number of hydrogen-bond acceptors (Lipinski definition) is 3. The van der Waals surface area contributed by atoms with Gasteiger partial charge < -0.3 is 9.88 Å². The van der Waals surface area contributed by atoms with Crippen LogP contribution >= 0.6 is 0 Å². The molecule has 0 saturated carbocycles. The first-order valence-electron chi connectivity index (χ1n) is 8.07. The predicted molar refractivity (Wildman–Crippen MR) is 96.6 cm³/mol. The summed E-state index contributed by atoms with van der Waals surface area (Å²) in [6.07, 6.45) is 0.707. The topological polar surface area (TPSA) is 73.1 Å². The summed E-state index contributed by atoms with van der Waals surface area (Å²) in [4.78, 5) is 36.6. The van der Waals surface area contributed by atoms with Crippen LogP contribution < -0.4 is 16.4 Å². The maximum atomic E-state index is 12.3. The van der Waals surface area contributed by atoms with E-state index >= 15 is 0 Å². The highest BCUT2D eigenvalue weighted by atomic mass is 16.2. The highest BCUT2D eigenvalue weighted by Gasteiger charge is 2.13. The van der Waals surface area contributed by atoms with Crippen molar-refractivity contribution in [2.24, 2.45) is 7.05 Å². The third kappa shape index (κ3) is 3.52. The molecule has 0 saturated heterocycles. The zero-order chi connectivity index (χ0) is 17.8. The number of carbonyl (C=O) groups excluding carboxylic acids is 1. The largest absolute Gasteiger partial charge is 0.354 e. The Balaban J connectivity index is 1.77. The molecule has 0 fully saturated rings. The summed E-state index contributed by atoms with van der Waals surface area (Å²) in [5.74, 6) is -0.295. The maximum Gasteiger partial charge on any atom is 0.317 e. The van der Waals surface area contributed by atoms with Gasteiger partial charge in [0, 0.05) is 13.6 Å². The van der Waals surface area contributed by atoms with Gasteiger partial charge >= 0.3 is 11.1 Å². The second-order valence-electron chi connectivity index (χ2n) is 5.83. The van der Waals surface area contributed by atoms with Crippen molar-refractivity contribution in [1.82, 2.24) is 14.5 Å². The van der Waals surface area contributed by atoms with Gasteiger partial charge in [0.25, 0.3) is 0 Å². The molecule has 0 aliphatic heterocycles.